The number of hydrogen-bond acceptors (Lipinski definition) is 4. The van der Waals surface area contributed by atoms with Gasteiger partial charge in [0.1, 0.15) is 11.4 Å². The number of amides is 1. The Morgan fingerprint density at radius 1 is 1.25 bits per heavy atom. The van der Waals surface area contributed by atoms with E-state index < -0.39 is 5.60 Å². The second-order valence-corrected chi connectivity index (χ2v) is 7.22. The van der Waals surface area contributed by atoms with Gasteiger partial charge in [-0.15, -0.1) is 0 Å². The molecule has 1 heterocycles. The number of anilines is 1. The third kappa shape index (κ3) is 5.62. The van der Waals surface area contributed by atoms with Crippen molar-refractivity contribution in [1.29, 1.82) is 0 Å². The van der Waals surface area contributed by atoms with Crippen molar-refractivity contribution >= 4 is 11.8 Å². The van der Waals surface area contributed by atoms with Gasteiger partial charge in [-0.25, -0.2) is 4.79 Å². The molecule has 0 atom stereocenters. The summed E-state index contributed by atoms with van der Waals surface area (Å²) >= 11 is 0. The molecule has 1 aromatic rings. The maximum atomic E-state index is 12.1. The van der Waals surface area contributed by atoms with Crippen LogP contribution in [0.1, 0.15) is 40.5 Å². The summed E-state index contributed by atoms with van der Waals surface area (Å²) in [5.41, 5.74) is 0.604. The highest BCUT2D eigenvalue weighted by Crippen LogP contribution is 2.26. The summed E-state index contributed by atoms with van der Waals surface area (Å²) in [6.07, 6.45) is 1.78. The molecule has 0 unspecified atom stereocenters. The molecule has 1 aliphatic heterocycles. The highest BCUT2D eigenvalue weighted by Gasteiger charge is 2.26. The molecule has 2 rings (SSSR count). The van der Waals surface area contributed by atoms with Gasteiger partial charge < -0.3 is 19.7 Å². The van der Waals surface area contributed by atoms with Crippen LogP contribution in [0.15, 0.2) is 24.3 Å². The standard InChI is InChI=1S/C19H30N2O3/c1-5-23-17-9-7-6-8-16(17)20-14-15-10-12-21(13-11-15)18(22)24-19(2,3)4/h6-9,15,20H,5,10-14H2,1-4H3. The van der Waals surface area contributed by atoms with Gasteiger partial charge in [0.05, 0.1) is 12.3 Å². The van der Waals surface area contributed by atoms with Crippen LogP contribution in [0.5, 0.6) is 5.75 Å². The largest absolute Gasteiger partial charge is 0.492 e. The SMILES string of the molecule is CCOc1ccccc1NCC1CCN(C(=O)OC(C)(C)C)CC1. The fourth-order valence-electron chi connectivity index (χ4n) is 2.79. The van der Waals surface area contributed by atoms with E-state index >= 15 is 0 Å². The number of nitrogens with zero attached hydrogens (tertiary/aromatic N) is 1. The zero-order valence-electron chi connectivity index (χ0n) is 15.3. The lowest BCUT2D eigenvalue weighted by Crippen LogP contribution is -2.42. The first-order valence-corrected chi connectivity index (χ1v) is 8.82. The zero-order chi connectivity index (χ0) is 17.6. The Balaban J connectivity index is 1.78. The lowest BCUT2D eigenvalue weighted by Gasteiger charge is -2.33. The van der Waals surface area contributed by atoms with Gasteiger partial charge >= 0.3 is 6.09 Å². The van der Waals surface area contributed by atoms with E-state index in [9.17, 15) is 4.79 Å². The van der Waals surface area contributed by atoms with E-state index in [0.717, 1.165) is 43.9 Å². The van der Waals surface area contributed by atoms with E-state index in [1.54, 1.807) is 0 Å². The molecule has 0 aromatic heterocycles. The summed E-state index contributed by atoms with van der Waals surface area (Å²) in [7, 11) is 0. The molecule has 5 heteroatoms. The lowest BCUT2D eigenvalue weighted by molar-refractivity contribution is 0.0188. The minimum atomic E-state index is -0.432. The predicted octanol–water partition coefficient (Wildman–Crippen LogP) is 4.14. The van der Waals surface area contributed by atoms with E-state index in [2.05, 4.69) is 5.32 Å². The van der Waals surface area contributed by atoms with Crippen molar-refractivity contribution in [3.05, 3.63) is 24.3 Å². The number of likely N-dealkylation sites (tertiary alicyclic amines) is 1. The molecule has 0 spiro atoms. The summed E-state index contributed by atoms with van der Waals surface area (Å²) in [4.78, 5) is 13.9. The molecular weight excluding hydrogens is 304 g/mol. The molecule has 1 saturated heterocycles. The van der Waals surface area contributed by atoms with Crippen molar-refractivity contribution in [2.24, 2.45) is 5.92 Å². The number of piperidine rings is 1. The Labute approximate surface area is 145 Å². The highest BCUT2D eigenvalue weighted by molar-refractivity contribution is 5.68. The van der Waals surface area contributed by atoms with Crippen molar-refractivity contribution in [3.63, 3.8) is 0 Å². The molecule has 1 amide bonds. The van der Waals surface area contributed by atoms with Crippen molar-refractivity contribution in [2.45, 2.75) is 46.1 Å². The van der Waals surface area contributed by atoms with Crippen LogP contribution in [0.2, 0.25) is 0 Å². The minimum Gasteiger partial charge on any atom is -0.492 e. The number of carbonyl (C=O) groups excluding carboxylic acids is 1. The summed E-state index contributed by atoms with van der Waals surface area (Å²) in [6, 6.07) is 8.02. The maximum absolute atomic E-state index is 12.1. The van der Waals surface area contributed by atoms with Crippen LogP contribution in [0.25, 0.3) is 0 Å². The van der Waals surface area contributed by atoms with Crippen molar-refractivity contribution in [3.8, 4) is 5.75 Å². The Bertz CT molecular complexity index is 532. The smallest absolute Gasteiger partial charge is 0.410 e. The molecule has 0 saturated carbocycles. The molecule has 24 heavy (non-hydrogen) atoms. The Kier molecular flexibility index (Phi) is 6.35. The van der Waals surface area contributed by atoms with Crippen molar-refractivity contribution in [1.82, 2.24) is 4.90 Å². The minimum absolute atomic E-state index is 0.199. The topological polar surface area (TPSA) is 50.8 Å². The summed E-state index contributed by atoms with van der Waals surface area (Å²) < 4.78 is 11.1. The number of rotatable bonds is 5. The first kappa shape index (κ1) is 18.4. The van der Waals surface area contributed by atoms with E-state index in [1.165, 1.54) is 0 Å². The van der Waals surface area contributed by atoms with E-state index in [1.807, 2.05) is 56.9 Å². The molecule has 5 nitrogen and oxygen atoms in total. The fraction of sp³-hybridized carbons (Fsp3) is 0.632. The van der Waals surface area contributed by atoms with Crippen LogP contribution in [-0.2, 0) is 4.74 Å². The first-order chi connectivity index (χ1) is 11.4. The van der Waals surface area contributed by atoms with Gasteiger partial charge in [0, 0.05) is 19.6 Å². The number of hydrogen-bond donors (Lipinski definition) is 1. The van der Waals surface area contributed by atoms with Gasteiger partial charge in [0.15, 0.2) is 0 Å². The van der Waals surface area contributed by atoms with Crippen molar-refractivity contribution < 1.29 is 14.3 Å². The van der Waals surface area contributed by atoms with E-state index in [4.69, 9.17) is 9.47 Å². The monoisotopic (exact) mass is 334 g/mol. The molecule has 0 bridgehead atoms. The van der Waals surface area contributed by atoms with Gasteiger partial charge in [-0.05, 0) is 58.6 Å². The van der Waals surface area contributed by atoms with Crippen LogP contribution in [-0.4, -0.2) is 42.8 Å². The second-order valence-electron chi connectivity index (χ2n) is 7.22. The average molecular weight is 334 g/mol. The molecule has 0 radical (unpaired) electrons. The molecule has 1 N–H and O–H groups in total. The zero-order valence-corrected chi connectivity index (χ0v) is 15.3. The molecule has 1 fully saturated rings. The summed E-state index contributed by atoms with van der Waals surface area (Å²) in [6.45, 7) is 10.8. The van der Waals surface area contributed by atoms with Crippen LogP contribution in [0.3, 0.4) is 0 Å². The van der Waals surface area contributed by atoms with Crippen LogP contribution in [0.4, 0.5) is 10.5 Å². The Morgan fingerprint density at radius 2 is 1.92 bits per heavy atom. The number of para-hydroxylation sites is 2. The van der Waals surface area contributed by atoms with E-state index in [0.29, 0.717) is 12.5 Å². The quantitative estimate of drug-likeness (QED) is 0.879. The normalized spacial score (nSPS) is 15.9. The first-order valence-electron chi connectivity index (χ1n) is 8.82. The number of ether oxygens (including phenoxy) is 2. The molecular formula is C19H30N2O3. The third-order valence-electron chi connectivity index (χ3n) is 4.03. The lowest BCUT2D eigenvalue weighted by atomic mass is 9.97. The predicted molar refractivity (Wildman–Crippen MR) is 96.6 cm³/mol. The van der Waals surface area contributed by atoms with Crippen LogP contribution >= 0.6 is 0 Å². The number of benzene rings is 1. The molecule has 134 valence electrons. The van der Waals surface area contributed by atoms with Gasteiger partial charge in [-0.2, -0.15) is 0 Å². The number of nitrogens with one attached hydrogen (secondary N) is 1. The van der Waals surface area contributed by atoms with Crippen LogP contribution < -0.4 is 10.1 Å². The molecule has 1 aliphatic rings. The fourth-order valence-corrected chi connectivity index (χ4v) is 2.79. The van der Waals surface area contributed by atoms with E-state index in [-0.39, 0.29) is 6.09 Å². The summed E-state index contributed by atoms with van der Waals surface area (Å²) in [5, 5.41) is 3.49. The Hall–Kier alpha value is -1.91. The van der Waals surface area contributed by atoms with Gasteiger partial charge in [0.2, 0.25) is 0 Å². The average Bonchev–Trinajstić information content (AvgIpc) is 2.53. The second kappa shape index (κ2) is 8.27. The van der Waals surface area contributed by atoms with Gasteiger partial charge in [-0.3, -0.25) is 0 Å². The molecule has 1 aromatic carbocycles. The van der Waals surface area contributed by atoms with Crippen molar-refractivity contribution in [2.75, 3.05) is 31.6 Å². The Morgan fingerprint density at radius 3 is 2.54 bits per heavy atom. The molecule has 0 aliphatic carbocycles. The van der Waals surface area contributed by atoms with Crippen LogP contribution in [0, 0.1) is 5.92 Å². The van der Waals surface area contributed by atoms with Gasteiger partial charge in [0.25, 0.3) is 0 Å². The van der Waals surface area contributed by atoms with Gasteiger partial charge in [-0.1, -0.05) is 12.1 Å². The number of carbonyl (C=O) groups is 1. The summed E-state index contributed by atoms with van der Waals surface area (Å²) in [5.74, 6) is 1.45. The third-order valence-corrected chi connectivity index (χ3v) is 4.03. The highest BCUT2D eigenvalue weighted by atomic mass is 16.6. The maximum Gasteiger partial charge on any atom is 0.410 e.